The van der Waals surface area contributed by atoms with E-state index in [9.17, 15) is 4.79 Å². The summed E-state index contributed by atoms with van der Waals surface area (Å²) in [4.78, 5) is 14.6. The van der Waals surface area contributed by atoms with Crippen LogP contribution in [-0.2, 0) is 19.8 Å². The van der Waals surface area contributed by atoms with Gasteiger partial charge in [0.25, 0.3) is 0 Å². The standard InChI is InChI=1S/C10H20O6/c11-10(12)8-6-4-2-1-3-5-7-9-14-16-15-13/h13H,1-9H2,(H,11,12). The van der Waals surface area contributed by atoms with Crippen LogP contribution in [0.4, 0.5) is 0 Å². The van der Waals surface area contributed by atoms with Crippen LogP contribution in [0, 0.1) is 0 Å². The lowest BCUT2D eigenvalue weighted by molar-refractivity contribution is -0.623. The molecule has 0 aromatic carbocycles. The van der Waals surface area contributed by atoms with Crippen molar-refractivity contribution in [1.82, 2.24) is 0 Å². The van der Waals surface area contributed by atoms with Crippen molar-refractivity contribution in [3.63, 3.8) is 0 Å². The molecule has 0 bridgehead atoms. The zero-order valence-corrected chi connectivity index (χ0v) is 9.39. The van der Waals surface area contributed by atoms with Crippen LogP contribution in [0.3, 0.4) is 0 Å². The molecule has 0 aliphatic carbocycles. The topological polar surface area (TPSA) is 85.2 Å². The zero-order chi connectivity index (χ0) is 12.1. The van der Waals surface area contributed by atoms with E-state index in [1.54, 1.807) is 0 Å². The van der Waals surface area contributed by atoms with E-state index in [1.807, 2.05) is 0 Å². The third-order valence-electron chi connectivity index (χ3n) is 2.20. The molecular formula is C10H20O6. The van der Waals surface area contributed by atoms with Crippen LogP contribution in [-0.4, -0.2) is 22.9 Å². The molecule has 0 rings (SSSR count). The third-order valence-corrected chi connectivity index (χ3v) is 2.20. The Kier molecular flexibility index (Phi) is 11.8. The highest BCUT2D eigenvalue weighted by Crippen LogP contribution is 2.08. The fourth-order valence-electron chi connectivity index (χ4n) is 1.38. The van der Waals surface area contributed by atoms with Crippen molar-refractivity contribution < 1.29 is 30.1 Å². The van der Waals surface area contributed by atoms with Gasteiger partial charge in [-0.2, -0.15) is 0 Å². The molecule has 0 heterocycles. The highest BCUT2D eigenvalue weighted by molar-refractivity contribution is 5.66. The first-order valence-electron chi connectivity index (χ1n) is 5.59. The van der Waals surface area contributed by atoms with Gasteiger partial charge in [0.05, 0.1) is 6.61 Å². The first kappa shape index (κ1) is 15.3. The lowest BCUT2D eigenvalue weighted by Crippen LogP contribution is -1.96. The van der Waals surface area contributed by atoms with Crippen molar-refractivity contribution in [3.8, 4) is 0 Å². The molecule has 0 aromatic heterocycles. The molecular weight excluding hydrogens is 216 g/mol. The van der Waals surface area contributed by atoms with E-state index in [2.05, 4.69) is 15.0 Å². The number of carboxylic acids is 1. The van der Waals surface area contributed by atoms with Crippen molar-refractivity contribution in [2.45, 2.75) is 51.4 Å². The predicted octanol–water partition coefficient (Wildman–Crippen LogP) is 2.54. The largest absolute Gasteiger partial charge is 0.481 e. The Balaban J connectivity index is 2.90. The number of carbonyl (C=O) groups is 1. The number of aliphatic carboxylic acids is 1. The highest BCUT2D eigenvalue weighted by Gasteiger charge is 1.96. The van der Waals surface area contributed by atoms with Crippen molar-refractivity contribution in [2.24, 2.45) is 0 Å². The van der Waals surface area contributed by atoms with Crippen LogP contribution in [0.2, 0.25) is 0 Å². The van der Waals surface area contributed by atoms with Gasteiger partial charge in [-0.15, -0.1) is 0 Å². The Hall–Kier alpha value is -0.690. The SMILES string of the molecule is O=C(O)CCCCCCCCCOOOO. The Morgan fingerprint density at radius 3 is 2.06 bits per heavy atom. The Morgan fingerprint density at radius 2 is 1.50 bits per heavy atom. The second-order valence-electron chi connectivity index (χ2n) is 3.58. The van der Waals surface area contributed by atoms with E-state index in [0.717, 1.165) is 44.9 Å². The summed E-state index contributed by atoms with van der Waals surface area (Å²) in [5.41, 5.74) is 0. The molecule has 6 heteroatoms. The maximum Gasteiger partial charge on any atom is 0.303 e. The maximum absolute atomic E-state index is 10.2. The molecule has 0 saturated carbocycles. The molecule has 96 valence electrons. The van der Waals surface area contributed by atoms with Gasteiger partial charge in [0, 0.05) is 6.42 Å². The molecule has 0 saturated heterocycles. The fraction of sp³-hybridized carbons (Fsp3) is 0.900. The summed E-state index contributed by atoms with van der Waals surface area (Å²) in [6.45, 7) is 0.388. The van der Waals surface area contributed by atoms with Crippen molar-refractivity contribution >= 4 is 5.97 Å². The molecule has 0 amide bonds. The van der Waals surface area contributed by atoms with Gasteiger partial charge >= 0.3 is 5.97 Å². The molecule has 6 nitrogen and oxygen atoms in total. The molecule has 0 fully saturated rings. The summed E-state index contributed by atoms with van der Waals surface area (Å²) < 4.78 is 0. The maximum atomic E-state index is 10.2. The number of unbranched alkanes of at least 4 members (excludes halogenated alkanes) is 6. The van der Waals surface area contributed by atoms with Crippen LogP contribution in [0.25, 0.3) is 0 Å². The molecule has 0 aliphatic rings. The summed E-state index contributed by atoms with van der Waals surface area (Å²) >= 11 is 0. The van der Waals surface area contributed by atoms with Gasteiger partial charge in [0.1, 0.15) is 0 Å². The second kappa shape index (κ2) is 12.4. The van der Waals surface area contributed by atoms with Gasteiger partial charge in [-0.05, 0) is 22.9 Å². The Labute approximate surface area is 94.9 Å². The van der Waals surface area contributed by atoms with E-state index in [4.69, 9.17) is 10.4 Å². The van der Waals surface area contributed by atoms with Crippen LogP contribution >= 0.6 is 0 Å². The minimum absolute atomic E-state index is 0.270. The van der Waals surface area contributed by atoms with Gasteiger partial charge < -0.3 is 5.11 Å². The number of hydrogen-bond acceptors (Lipinski definition) is 5. The minimum atomic E-state index is -0.719. The van der Waals surface area contributed by atoms with Gasteiger partial charge in [0.2, 0.25) is 0 Å². The van der Waals surface area contributed by atoms with E-state index >= 15 is 0 Å². The summed E-state index contributed by atoms with van der Waals surface area (Å²) in [7, 11) is 0. The molecule has 0 aliphatic heterocycles. The lowest BCUT2D eigenvalue weighted by atomic mass is 10.1. The van der Waals surface area contributed by atoms with Crippen LogP contribution in [0.1, 0.15) is 51.4 Å². The van der Waals surface area contributed by atoms with E-state index < -0.39 is 5.97 Å². The molecule has 0 aromatic rings. The average Bonchev–Trinajstić information content (AvgIpc) is 2.25. The summed E-state index contributed by atoms with van der Waals surface area (Å²) in [6, 6.07) is 0. The number of carboxylic acid groups (broad SMARTS) is 1. The summed E-state index contributed by atoms with van der Waals surface area (Å²) in [5, 5.41) is 23.2. The Bertz CT molecular complexity index is 161. The summed E-state index contributed by atoms with van der Waals surface area (Å²) in [5.74, 6) is -0.719. The molecule has 0 unspecified atom stereocenters. The molecule has 0 radical (unpaired) electrons. The number of hydrogen-bond donors (Lipinski definition) is 2. The van der Waals surface area contributed by atoms with Gasteiger partial charge in [-0.25, -0.2) is 10.1 Å². The highest BCUT2D eigenvalue weighted by atomic mass is 17.6. The molecule has 2 N–H and O–H groups in total. The first-order valence-corrected chi connectivity index (χ1v) is 5.59. The number of rotatable bonds is 12. The van der Waals surface area contributed by atoms with Gasteiger partial charge in [-0.1, -0.05) is 32.1 Å². The Morgan fingerprint density at radius 1 is 0.938 bits per heavy atom. The average molecular weight is 236 g/mol. The van der Waals surface area contributed by atoms with Gasteiger partial charge in [-0.3, -0.25) is 4.79 Å². The predicted molar refractivity (Wildman–Crippen MR) is 55.3 cm³/mol. The second-order valence-corrected chi connectivity index (χ2v) is 3.58. The first-order chi connectivity index (χ1) is 7.77. The fourth-order valence-corrected chi connectivity index (χ4v) is 1.38. The normalized spacial score (nSPS) is 10.6. The van der Waals surface area contributed by atoms with E-state index in [0.29, 0.717) is 6.61 Å². The summed E-state index contributed by atoms with van der Waals surface area (Å²) in [6.07, 6.45) is 7.15. The van der Waals surface area contributed by atoms with Crippen molar-refractivity contribution in [1.29, 1.82) is 0 Å². The smallest absolute Gasteiger partial charge is 0.303 e. The van der Waals surface area contributed by atoms with Gasteiger partial charge in [0.15, 0.2) is 0 Å². The third kappa shape index (κ3) is 13.3. The molecule has 0 atom stereocenters. The molecule has 0 spiro atoms. The molecule has 16 heavy (non-hydrogen) atoms. The quantitative estimate of drug-likeness (QED) is 0.307. The van der Waals surface area contributed by atoms with E-state index in [-0.39, 0.29) is 6.42 Å². The monoisotopic (exact) mass is 236 g/mol. The van der Waals surface area contributed by atoms with E-state index in [1.165, 1.54) is 0 Å². The van der Waals surface area contributed by atoms with Crippen molar-refractivity contribution in [2.75, 3.05) is 6.61 Å². The van der Waals surface area contributed by atoms with Crippen LogP contribution < -0.4 is 0 Å². The zero-order valence-electron chi connectivity index (χ0n) is 9.39. The van der Waals surface area contributed by atoms with Crippen molar-refractivity contribution in [3.05, 3.63) is 0 Å². The van der Waals surface area contributed by atoms with Crippen LogP contribution in [0.5, 0.6) is 0 Å². The minimum Gasteiger partial charge on any atom is -0.481 e. The van der Waals surface area contributed by atoms with Crippen LogP contribution in [0.15, 0.2) is 0 Å². The lowest BCUT2D eigenvalue weighted by Gasteiger charge is -2.01.